The third kappa shape index (κ3) is 7.70. The largest absolute Gasteiger partial charge is 0.394 e. The summed E-state index contributed by atoms with van der Waals surface area (Å²) in [6.07, 6.45) is 7.29. The first-order valence-electron chi connectivity index (χ1n) is 6.90. The fourth-order valence-electron chi connectivity index (χ4n) is 1.91. The van der Waals surface area contributed by atoms with Gasteiger partial charge in [0.15, 0.2) is 0 Å². The van der Waals surface area contributed by atoms with Crippen LogP contribution in [0.15, 0.2) is 48.1 Å². The van der Waals surface area contributed by atoms with Gasteiger partial charge < -0.3 is 15.1 Å². The first-order valence-corrected chi connectivity index (χ1v) is 7.28. The topological polar surface area (TPSA) is 65.4 Å². The molecular formula is C15H21Cl3N4O. The molecule has 8 heteroatoms. The Morgan fingerprint density at radius 1 is 1.26 bits per heavy atom. The second-order valence-electron chi connectivity index (χ2n) is 4.57. The molecule has 5 nitrogen and oxygen atoms in total. The van der Waals surface area contributed by atoms with Crippen molar-refractivity contribution in [2.75, 3.05) is 13.2 Å². The van der Waals surface area contributed by atoms with Crippen LogP contribution in [0.2, 0.25) is 5.02 Å². The number of nitrogens with two attached hydrogens (primary N) is 1. The molecule has 0 amide bonds. The van der Waals surface area contributed by atoms with Crippen molar-refractivity contribution < 1.29 is 4.84 Å². The molecule has 0 saturated heterocycles. The Morgan fingerprint density at radius 2 is 2.00 bits per heavy atom. The Morgan fingerprint density at radius 3 is 2.61 bits per heavy atom. The highest BCUT2D eigenvalue weighted by Crippen LogP contribution is 2.13. The number of aromatic nitrogens is 2. The third-order valence-corrected chi connectivity index (χ3v) is 3.20. The number of aryl methyl sites for hydroxylation is 1. The van der Waals surface area contributed by atoms with Crippen LogP contribution in [0, 0.1) is 0 Å². The van der Waals surface area contributed by atoms with E-state index in [9.17, 15) is 0 Å². The lowest BCUT2D eigenvalue weighted by Crippen LogP contribution is -2.09. The van der Waals surface area contributed by atoms with Crippen molar-refractivity contribution in [1.29, 1.82) is 0 Å². The predicted octanol–water partition coefficient (Wildman–Crippen LogP) is 3.54. The minimum atomic E-state index is 0. The number of halogens is 3. The molecule has 1 aromatic carbocycles. The summed E-state index contributed by atoms with van der Waals surface area (Å²) in [6.45, 7) is 1.76. The Hall–Kier alpha value is -1.27. The van der Waals surface area contributed by atoms with E-state index in [1.165, 1.54) is 0 Å². The first-order chi connectivity index (χ1) is 10.3. The summed E-state index contributed by atoms with van der Waals surface area (Å²) in [5.41, 5.74) is 7.33. The molecule has 0 atom stereocenters. The van der Waals surface area contributed by atoms with Gasteiger partial charge in [-0.05, 0) is 30.5 Å². The summed E-state index contributed by atoms with van der Waals surface area (Å²) in [5.74, 6) is 0. The number of hydrogen-bond donors (Lipinski definition) is 1. The molecule has 0 unspecified atom stereocenters. The molecule has 2 N–H and O–H groups in total. The second-order valence-corrected chi connectivity index (χ2v) is 5.01. The lowest BCUT2D eigenvalue weighted by Gasteiger charge is -2.08. The van der Waals surface area contributed by atoms with Crippen LogP contribution in [0.25, 0.3) is 0 Å². The van der Waals surface area contributed by atoms with E-state index in [0.717, 1.165) is 30.7 Å². The molecule has 2 aromatic rings. The Labute approximate surface area is 153 Å². The van der Waals surface area contributed by atoms with Crippen LogP contribution < -0.4 is 5.73 Å². The molecule has 0 bridgehead atoms. The van der Waals surface area contributed by atoms with Gasteiger partial charge in [-0.1, -0.05) is 28.9 Å². The van der Waals surface area contributed by atoms with E-state index in [2.05, 4.69) is 10.1 Å². The minimum Gasteiger partial charge on any atom is -0.394 e. The quantitative estimate of drug-likeness (QED) is 0.433. The Bertz CT molecular complexity index is 559. The molecular weight excluding hydrogens is 359 g/mol. The van der Waals surface area contributed by atoms with Crippen molar-refractivity contribution in [1.82, 2.24) is 9.55 Å². The zero-order valence-electron chi connectivity index (χ0n) is 12.6. The number of oxime groups is 1. The fourth-order valence-corrected chi connectivity index (χ4v) is 2.04. The lowest BCUT2D eigenvalue weighted by molar-refractivity contribution is 0.151. The van der Waals surface area contributed by atoms with Crippen LogP contribution in [0.4, 0.5) is 0 Å². The van der Waals surface area contributed by atoms with Gasteiger partial charge in [0.25, 0.3) is 0 Å². The van der Waals surface area contributed by atoms with Gasteiger partial charge in [-0.15, -0.1) is 24.8 Å². The molecule has 23 heavy (non-hydrogen) atoms. The zero-order chi connectivity index (χ0) is 14.9. The maximum atomic E-state index is 5.92. The molecule has 0 aliphatic carbocycles. The van der Waals surface area contributed by atoms with E-state index < -0.39 is 0 Å². The van der Waals surface area contributed by atoms with Crippen LogP contribution in [-0.2, 0) is 11.4 Å². The third-order valence-electron chi connectivity index (χ3n) is 2.95. The van der Waals surface area contributed by atoms with Gasteiger partial charge in [0.05, 0.1) is 12.0 Å². The lowest BCUT2D eigenvalue weighted by atomic mass is 10.1. The summed E-state index contributed by atoms with van der Waals surface area (Å²) in [6, 6.07) is 7.60. The zero-order valence-corrected chi connectivity index (χ0v) is 15.0. The van der Waals surface area contributed by atoms with Crippen molar-refractivity contribution in [3.8, 4) is 0 Å². The van der Waals surface area contributed by atoms with Gasteiger partial charge in [-0.25, -0.2) is 4.98 Å². The van der Waals surface area contributed by atoms with E-state index >= 15 is 0 Å². The minimum absolute atomic E-state index is 0. The molecule has 0 saturated carbocycles. The average Bonchev–Trinajstić information content (AvgIpc) is 3.00. The van der Waals surface area contributed by atoms with Crippen LogP contribution in [0.5, 0.6) is 0 Å². The van der Waals surface area contributed by atoms with Crippen molar-refractivity contribution in [3.05, 3.63) is 53.6 Å². The number of benzene rings is 1. The molecule has 0 radical (unpaired) electrons. The standard InChI is InChI=1S/C15H19ClN4O.2ClH/c16-14-5-3-13(4-6-14)15(19-21-11-7-17)2-1-9-20-10-8-18-12-20;;/h3-6,8,10,12H,1-2,7,9,11,17H2;2*1H. The van der Waals surface area contributed by atoms with Crippen LogP contribution in [0.3, 0.4) is 0 Å². The van der Waals surface area contributed by atoms with Crippen molar-refractivity contribution in [2.24, 2.45) is 10.9 Å². The maximum absolute atomic E-state index is 5.92. The molecule has 1 heterocycles. The number of hydrogen-bond acceptors (Lipinski definition) is 4. The van der Waals surface area contributed by atoms with Crippen molar-refractivity contribution >= 4 is 42.1 Å². The average molecular weight is 380 g/mol. The van der Waals surface area contributed by atoms with Gasteiger partial charge >= 0.3 is 0 Å². The van der Waals surface area contributed by atoms with Crippen LogP contribution >= 0.6 is 36.4 Å². The number of nitrogens with zero attached hydrogens (tertiary/aromatic N) is 3. The molecule has 0 fully saturated rings. The normalized spacial score (nSPS) is 10.6. The molecule has 2 rings (SSSR count). The Balaban J connectivity index is 0.00000242. The van der Waals surface area contributed by atoms with Crippen LogP contribution in [-0.4, -0.2) is 28.4 Å². The van der Waals surface area contributed by atoms with Crippen LogP contribution in [0.1, 0.15) is 18.4 Å². The molecule has 0 aliphatic heterocycles. The number of imidazole rings is 1. The van der Waals surface area contributed by atoms with Gasteiger partial charge in [-0.3, -0.25) is 0 Å². The molecule has 128 valence electrons. The summed E-state index contributed by atoms with van der Waals surface area (Å²) < 4.78 is 2.04. The fraction of sp³-hybridized carbons (Fsp3) is 0.333. The summed E-state index contributed by atoms with van der Waals surface area (Å²) >= 11 is 5.92. The van der Waals surface area contributed by atoms with Gasteiger partial charge in [-0.2, -0.15) is 0 Å². The van der Waals surface area contributed by atoms with Crippen molar-refractivity contribution in [2.45, 2.75) is 19.4 Å². The van der Waals surface area contributed by atoms with Gasteiger partial charge in [0.2, 0.25) is 0 Å². The summed E-state index contributed by atoms with van der Waals surface area (Å²) in [5, 5.41) is 4.91. The highest BCUT2D eigenvalue weighted by Gasteiger charge is 2.05. The summed E-state index contributed by atoms with van der Waals surface area (Å²) in [4.78, 5) is 9.26. The molecule has 0 spiro atoms. The monoisotopic (exact) mass is 378 g/mol. The van der Waals surface area contributed by atoms with Crippen molar-refractivity contribution in [3.63, 3.8) is 0 Å². The summed E-state index contributed by atoms with van der Waals surface area (Å²) in [7, 11) is 0. The molecule has 1 aromatic heterocycles. The first kappa shape index (κ1) is 21.7. The van der Waals surface area contributed by atoms with E-state index in [1.807, 2.05) is 41.4 Å². The number of rotatable bonds is 8. The van der Waals surface area contributed by atoms with Gasteiger partial charge in [0.1, 0.15) is 6.61 Å². The Kier molecular flexibility index (Phi) is 11.5. The highest BCUT2D eigenvalue weighted by molar-refractivity contribution is 6.30. The predicted molar refractivity (Wildman–Crippen MR) is 99.0 cm³/mol. The molecule has 0 aliphatic rings. The van der Waals surface area contributed by atoms with E-state index in [0.29, 0.717) is 18.2 Å². The maximum Gasteiger partial charge on any atom is 0.129 e. The highest BCUT2D eigenvalue weighted by atomic mass is 35.5. The van der Waals surface area contributed by atoms with E-state index in [-0.39, 0.29) is 24.8 Å². The van der Waals surface area contributed by atoms with Gasteiger partial charge in [0, 0.05) is 30.5 Å². The SMILES string of the molecule is Cl.Cl.NCCON=C(CCCn1ccnc1)c1ccc(Cl)cc1. The van der Waals surface area contributed by atoms with E-state index in [4.69, 9.17) is 22.2 Å². The smallest absolute Gasteiger partial charge is 0.129 e. The van der Waals surface area contributed by atoms with E-state index in [1.54, 1.807) is 6.20 Å². The second kappa shape index (κ2) is 12.2.